The van der Waals surface area contributed by atoms with Crippen LogP contribution in [0.4, 0.5) is 5.13 Å². The number of rotatable bonds is 12. The highest BCUT2D eigenvalue weighted by Gasteiger charge is 2.16. The number of nitrogens with one attached hydrogen (secondary N) is 1. The Morgan fingerprint density at radius 1 is 1.35 bits per heavy atom. The average molecular weight is 522 g/mol. The van der Waals surface area contributed by atoms with Crippen LogP contribution in [-0.4, -0.2) is 44.0 Å². The molecule has 3 aromatic rings. The molecule has 34 heavy (non-hydrogen) atoms. The number of amides is 1. The first kappa shape index (κ1) is 25.7. The van der Waals surface area contributed by atoms with Gasteiger partial charge in [-0.15, -0.1) is 28.1 Å². The molecule has 0 saturated heterocycles. The largest absolute Gasteiger partial charge is 0.485 e. The summed E-state index contributed by atoms with van der Waals surface area (Å²) in [6.45, 7) is 8.44. The van der Waals surface area contributed by atoms with Crippen LogP contribution in [0.2, 0.25) is 5.02 Å². The molecular weight excluding hydrogens is 498 g/mol. The van der Waals surface area contributed by atoms with E-state index in [1.54, 1.807) is 24.4 Å². The Kier molecular flexibility index (Phi) is 9.49. The summed E-state index contributed by atoms with van der Waals surface area (Å²) < 4.78 is 12.6. The van der Waals surface area contributed by atoms with Gasteiger partial charge in [0.2, 0.25) is 5.91 Å². The third kappa shape index (κ3) is 7.31. The molecule has 2 aromatic heterocycles. The van der Waals surface area contributed by atoms with Gasteiger partial charge >= 0.3 is 5.97 Å². The molecule has 3 rings (SSSR count). The minimum atomic E-state index is -0.353. The van der Waals surface area contributed by atoms with Crippen LogP contribution in [0.15, 0.2) is 41.4 Å². The van der Waals surface area contributed by atoms with Crippen LogP contribution in [0.3, 0.4) is 0 Å². The smallest absolute Gasteiger partial charge is 0.311 e. The lowest BCUT2D eigenvalue weighted by molar-refractivity contribution is -0.142. The number of thioether (sulfide) groups is 1. The fourth-order valence-corrected chi connectivity index (χ4v) is 4.57. The zero-order valence-electron chi connectivity index (χ0n) is 18.7. The summed E-state index contributed by atoms with van der Waals surface area (Å²) in [5.41, 5.74) is 1.47. The highest BCUT2D eigenvalue weighted by molar-refractivity contribution is 7.99. The highest BCUT2D eigenvalue weighted by atomic mass is 35.5. The number of ether oxygens (including phenoxy) is 2. The summed E-state index contributed by atoms with van der Waals surface area (Å²) >= 11 is 8.49. The number of nitrogens with zero attached hydrogens (tertiary/aromatic N) is 4. The Balaban J connectivity index is 1.56. The first-order valence-electron chi connectivity index (χ1n) is 10.3. The summed E-state index contributed by atoms with van der Waals surface area (Å²) in [7, 11) is 0. The number of anilines is 1. The molecule has 0 saturated carbocycles. The molecule has 1 amide bonds. The molecule has 0 fully saturated rings. The maximum Gasteiger partial charge on any atom is 0.311 e. The fourth-order valence-electron chi connectivity index (χ4n) is 2.85. The van der Waals surface area contributed by atoms with Crippen molar-refractivity contribution in [2.75, 3.05) is 17.7 Å². The van der Waals surface area contributed by atoms with Crippen LogP contribution in [-0.2, 0) is 33.9 Å². The molecule has 2 heterocycles. The number of hydrogen-bond acceptors (Lipinski definition) is 9. The predicted molar refractivity (Wildman–Crippen MR) is 133 cm³/mol. The Bertz CT molecular complexity index is 1160. The maximum atomic E-state index is 12.4. The Morgan fingerprint density at radius 2 is 2.18 bits per heavy atom. The van der Waals surface area contributed by atoms with E-state index in [2.05, 4.69) is 27.1 Å². The number of thiazole rings is 1. The zero-order chi connectivity index (χ0) is 24.5. The van der Waals surface area contributed by atoms with Crippen LogP contribution in [0.5, 0.6) is 5.75 Å². The number of aryl methyl sites for hydroxylation is 1. The van der Waals surface area contributed by atoms with Crippen LogP contribution < -0.4 is 10.1 Å². The number of allylic oxidation sites excluding steroid dienone is 1. The predicted octanol–water partition coefficient (Wildman–Crippen LogP) is 4.30. The molecule has 0 aliphatic heterocycles. The van der Waals surface area contributed by atoms with E-state index in [1.807, 2.05) is 23.6 Å². The van der Waals surface area contributed by atoms with Crippen molar-refractivity contribution in [3.63, 3.8) is 0 Å². The van der Waals surface area contributed by atoms with Gasteiger partial charge in [-0.2, -0.15) is 0 Å². The third-order valence-corrected chi connectivity index (χ3v) is 6.37. The summed E-state index contributed by atoms with van der Waals surface area (Å²) in [6.07, 6.45) is 1.80. The van der Waals surface area contributed by atoms with Crippen LogP contribution in [0, 0.1) is 6.92 Å². The molecule has 0 bridgehead atoms. The van der Waals surface area contributed by atoms with Gasteiger partial charge in [-0.25, -0.2) is 4.98 Å². The molecule has 1 N–H and O–H groups in total. The Morgan fingerprint density at radius 3 is 2.91 bits per heavy atom. The summed E-state index contributed by atoms with van der Waals surface area (Å²) in [5.74, 6) is 0.829. The van der Waals surface area contributed by atoms with E-state index >= 15 is 0 Å². The molecule has 12 heteroatoms. The Hall–Kier alpha value is -2.89. The van der Waals surface area contributed by atoms with Crippen molar-refractivity contribution in [1.82, 2.24) is 19.7 Å². The number of carbonyl (C=O) groups excluding carboxylic acids is 2. The summed E-state index contributed by atoms with van der Waals surface area (Å²) in [4.78, 5) is 28.2. The van der Waals surface area contributed by atoms with Gasteiger partial charge in [-0.1, -0.05) is 29.4 Å². The van der Waals surface area contributed by atoms with Crippen molar-refractivity contribution in [2.24, 2.45) is 0 Å². The molecule has 0 unspecified atom stereocenters. The molecule has 1 aromatic carbocycles. The maximum absolute atomic E-state index is 12.4. The summed E-state index contributed by atoms with van der Waals surface area (Å²) in [5, 5.41) is 14.5. The van der Waals surface area contributed by atoms with Gasteiger partial charge in [-0.05, 0) is 37.6 Å². The normalized spacial score (nSPS) is 10.7. The molecule has 0 aliphatic carbocycles. The van der Waals surface area contributed by atoms with Gasteiger partial charge in [0, 0.05) is 16.9 Å². The van der Waals surface area contributed by atoms with E-state index in [0.29, 0.717) is 45.7 Å². The molecule has 180 valence electrons. The van der Waals surface area contributed by atoms with Crippen LogP contribution in [0.1, 0.15) is 24.0 Å². The van der Waals surface area contributed by atoms with E-state index in [4.69, 9.17) is 21.1 Å². The van der Waals surface area contributed by atoms with E-state index < -0.39 is 0 Å². The lowest BCUT2D eigenvalue weighted by atomic mass is 10.2. The van der Waals surface area contributed by atoms with Crippen molar-refractivity contribution in [3.05, 3.63) is 58.3 Å². The number of esters is 1. The van der Waals surface area contributed by atoms with Crippen molar-refractivity contribution in [1.29, 1.82) is 0 Å². The first-order chi connectivity index (χ1) is 16.4. The Labute approximate surface area is 210 Å². The van der Waals surface area contributed by atoms with Gasteiger partial charge in [-0.3, -0.25) is 14.2 Å². The van der Waals surface area contributed by atoms with Crippen molar-refractivity contribution in [2.45, 2.75) is 38.6 Å². The first-order valence-corrected chi connectivity index (χ1v) is 12.6. The fraction of sp³-hybridized carbons (Fsp3) is 0.318. The van der Waals surface area contributed by atoms with E-state index in [1.165, 1.54) is 23.1 Å². The van der Waals surface area contributed by atoms with Crippen LogP contribution in [0.25, 0.3) is 0 Å². The molecule has 0 aliphatic rings. The SMILES string of the molecule is C=CCn1c(COc2ccc(Cl)cc2C)nnc1SCC(=O)Nc1nc(CC(=O)OCC)cs1. The second kappa shape index (κ2) is 12.5. The number of benzene rings is 1. The highest BCUT2D eigenvalue weighted by Crippen LogP contribution is 2.24. The quantitative estimate of drug-likeness (QED) is 0.213. The van der Waals surface area contributed by atoms with Gasteiger partial charge < -0.3 is 14.8 Å². The van der Waals surface area contributed by atoms with Gasteiger partial charge in [0.05, 0.1) is 24.5 Å². The van der Waals surface area contributed by atoms with Gasteiger partial charge in [0.1, 0.15) is 12.4 Å². The molecule has 0 atom stereocenters. The number of hydrogen-bond donors (Lipinski definition) is 1. The average Bonchev–Trinajstić information content (AvgIpc) is 3.38. The van der Waals surface area contributed by atoms with E-state index in [0.717, 1.165) is 5.56 Å². The van der Waals surface area contributed by atoms with Gasteiger partial charge in [0.25, 0.3) is 0 Å². The monoisotopic (exact) mass is 521 g/mol. The lowest BCUT2D eigenvalue weighted by Crippen LogP contribution is -2.15. The minimum Gasteiger partial charge on any atom is -0.485 e. The standard InChI is InChI=1S/C22H24ClN5O4S2/c1-4-8-28-18(11-32-17-7-6-15(23)9-14(17)3)26-27-22(28)34-13-19(29)25-21-24-16(12-33-21)10-20(30)31-5-2/h4,6-7,9,12H,1,5,8,10-11,13H2,2-3H3,(H,24,25,29). The molecule has 9 nitrogen and oxygen atoms in total. The second-order valence-electron chi connectivity index (χ2n) is 6.96. The molecular formula is C22H24ClN5O4S2. The molecule has 0 radical (unpaired) electrons. The van der Waals surface area contributed by atoms with Crippen molar-refractivity contribution >= 4 is 51.7 Å². The topological polar surface area (TPSA) is 108 Å². The third-order valence-electron chi connectivity index (χ3n) is 4.36. The lowest BCUT2D eigenvalue weighted by Gasteiger charge is -2.11. The second-order valence-corrected chi connectivity index (χ2v) is 9.20. The number of halogens is 1. The number of aromatic nitrogens is 4. The summed E-state index contributed by atoms with van der Waals surface area (Å²) in [6, 6.07) is 5.40. The van der Waals surface area contributed by atoms with Crippen molar-refractivity contribution < 1.29 is 19.1 Å². The molecule has 0 spiro atoms. The van der Waals surface area contributed by atoms with E-state index in [9.17, 15) is 9.59 Å². The number of carbonyl (C=O) groups is 2. The van der Waals surface area contributed by atoms with Gasteiger partial charge in [0.15, 0.2) is 16.1 Å². The zero-order valence-corrected chi connectivity index (χ0v) is 21.1. The van der Waals surface area contributed by atoms with Crippen LogP contribution >= 0.6 is 34.7 Å². The van der Waals surface area contributed by atoms with E-state index in [-0.39, 0.29) is 30.7 Å². The van der Waals surface area contributed by atoms with Crippen molar-refractivity contribution in [3.8, 4) is 5.75 Å². The minimum absolute atomic E-state index is 0.0695.